The van der Waals surface area contributed by atoms with Crippen LogP contribution in [0.2, 0.25) is 0 Å². The van der Waals surface area contributed by atoms with Crippen molar-refractivity contribution in [3.05, 3.63) is 66.0 Å². The Bertz CT molecular complexity index is 701. The van der Waals surface area contributed by atoms with Crippen LogP contribution in [0, 0.1) is 5.82 Å². The van der Waals surface area contributed by atoms with Gasteiger partial charge in [0.1, 0.15) is 12.4 Å². The van der Waals surface area contributed by atoms with Crippen molar-refractivity contribution in [2.75, 3.05) is 18.4 Å². The number of nitrogens with one attached hydrogen (secondary N) is 3. The summed E-state index contributed by atoms with van der Waals surface area (Å²) in [4.78, 5) is 16.3. The van der Waals surface area contributed by atoms with Crippen LogP contribution < -0.4 is 16.0 Å². The van der Waals surface area contributed by atoms with Gasteiger partial charge in [-0.25, -0.2) is 9.38 Å². The number of anilines is 1. The topological polar surface area (TPSA) is 65.5 Å². The second kappa shape index (κ2) is 9.42. The molecule has 0 aliphatic heterocycles. The van der Waals surface area contributed by atoms with Crippen LogP contribution in [0.4, 0.5) is 10.1 Å². The van der Waals surface area contributed by atoms with Crippen LogP contribution >= 0.6 is 0 Å². The number of halogens is 1. The zero-order valence-corrected chi connectivity index (χ0v) is 14.4. The Labute approximate surface area is 147 Å². The van der Waals surface area contributed by atoms with E-state index in [1.165, 1.54) is 24.3 Å². The molecule has 2 rings (SSSR count). The first-order valence-electron chi connectivity index (χ1n) is 8.23. The summed E-state index contributed by atoms with van der Waals surface area (Å²) in [6.07, 6.45) is 0. The molecule has 2 aromatic rings. The number of amides is 1. The summed E-state index contributed by atoms with van der Waals surface area (Å²) < 4.78 is 12.9. The highest BCUT2D eigenvalue weighted by Crippen LogP contribution is 2.11. The largest absolute Gasteiger partial charge is 0.357 e. The first-order chi connectivity index (χ1) is 12.1. The molecule has 25 heavy (non-hydrogen) atoms. The van der Waals surface area contributed by atoms with Crippen LogP contribution in [-0.2, 0) is 4.79 Å². The predicted molar refractivity (Wildman–Crippen MR) is 99.0 cm³/mol. The maximum Gasteiger partial charge on any atom is 0.246 e. The Kier molecular flexibility index (Phi) is 6.95. The van der Waals surface area contributed by atoms with E-state index in [0.29, 0.717) is 18.2 Å². The molecule has 0 bridgehead atoms. The summed E-state index contributed by atoms with van der Waals surface area (Å²) in [5.41, 5.74) is 1.67. The lowest BCUT2D eigenvalue weighted by molar-refractivity contribution is -0.114. The van der Waals surface area contributed by atoms with Crippen LogP contribution in [0.15, 0.2) is 59.6 Å². The first-order valence-corrected chi connectivity index (χ1v) is 8.23. The van der Waals surface area contributed by atoms with Crippen molar-refractivity contribution in [3.63, 3.8) is 0 Å². The van der Waals surface area contributed by atoms with Gasteiger partial charge >= 0.3 is 0 Å². The molecule has 0 heterocycles. The van der Waals surface area contributed by atoms with Crippen molar-refractivity contribution in [1.29, 1.82) is 0 Å². The van der Waals surface area contributed by atoms with E-state index in [1.54, 1.807) is 0 Å². The van der Waals surface area contributed by atoms with Crippen molar-refractivity contribution >= 4 is 17.6 Å². The van der Waals surface area contributed by atoms with Crippen molar-refractivity contribution in [3.8, 4) is 0 Å². The fourth-order valence-electron chi connectivity index (χ4n) is 2.23. The zero-order valence-electron chi connectivity index (χ0n) is 14.4. The number of carbonyl (C=O) groups excluding carboxylic acids is 1. The Morgan fingerprint density at radius 3 is 2.44 bits per heavy atom. The van der Waals surface area contributed by atoms with Gasteiger partial charge in [0.2, 0.25) is 5.91 Å². The summed E-state index contributed by atoms with van der Waals surface area (Å²) >= 11 is 0. The third-order valence-electron chi connectivity index (χ3n) is 3.51. The molecule has 0 aliphatic carbocycles. The molecule has 1 atom stereocenters. The monoisotopic (exact) mass is 342 g/mol. The minimum absolute atomic E-state index is 0.0335. The van der Waals surface area contributed by atoms with E-state index in [9.17, 15) is 9.18 Å². The average molecular weight is 342 g/mol. The fourth-order valence-corrected chi connectivity index (χ4v) is 2.23. The maximum atomic E-state index is 12.9. The molecule has 132 valence electrons. The number of rotatable bonds is 6. The first kappa shape index (κ1) is 18.4. The van der Waals surface area contributed by atoms with Gasteiger partial charge in [-0.15, -0.1) is 0 Å². The average Bonchev–Trinajstić information content (AvgIpc) is 2.62. The number of guanidine groups is 1. The molecule has 0 aromatic heterocycles. The summed E-state index contributed by atoms with van der Waals surface area (Å²) in [7, 11) is 0. The molecule has 6 heteroatoms. The van der Waals surface area contributed by atoms with Crippen molar-refractivity contribution in [1.82, 2.24) is 10.6 Å². The molecule has 0 spiro atoms. The second-order valence-electron chi connectivity index (χ2n) is 5.53. The second-order valence-corrected chi connectivity index (χ2v) is 5.53. The lowest BCUT2D eigenvalue weighted by Crippen LogP contribution is -2.39. The van der Waals surface area contributed by atoms with E-state index in [0.717, 1.165) is 5.56 Å². The number of hydrogen-bond donors (Lipinski definition) is 3. The Balaban J connectivity index is 1.94. The SMILES string of the molecule is CCNC(=NCC(=O)Nc1ccc(F)cc1)NC(C)c1ccccc1. The predicted octanol–water partition coefficient (Wildman–Crippen LogP) is 3.08. The van der Waals surface area contributed by atoms with E-state index < -0.39 is 0 Å². The van der Waals surface area contributed by atoms with Gasteiger partial charge in [0, 0.05) is 12.2 Å². The third kappa shape index (κ3) is 6.25. The van der Waals surface area contributed by atoms with Gasteiger partial charge < -0.3 is 16.0 Å². The standard InChI is InChI=1S/C19H23FN4O/c1-3-21-19(23-14(2)15-7-5-4-6-8-15)22-13-18(25)24-17-11-9-16(20)10-12-17/h4-12,14H,3,13H2,1-2H3,(H,24,25)(H2,21,22,23). The molecule has 0 fully saturated rings. The van der Waals surface area contributed by atoms with Crippen LogP contribution in [0.3, 0.4) is 0 Å². The smallest absolute Gasteiger partial charge is 0.246 e. The number of carbonyl (C=O) groups is 1. The fraction of sp³-hybridized carbons (Fsp3) is 0.263. The summed E-state index contributed by atoms with van der Waals surface area (Å²) in [5, 5.41) is 9.07. The lowest BCUT2D eigenvalue weighted by atomic mass is 10.1. The Morgan fingerprint density at radius 2 is 1.80 bits per heavy atom. The number of nitrogens with zero attached hydrogens (tertiary/aromatic N) is 1. The van der Waals surface area contributed by atoms with E-state index in [4.69, 9.17) is 0 Å². The molecule has 0 aliphatic rings. The van der Waals surface area contributed by atoms with Crippen LogP contribution in [0.5, 0.6) is 0 Å². The molecule has 1 unspecified atom stereocenters. The number of aliphatic imine (C=N–C) groups is 1. The van der Waals surface area contributed by atoms with E-state index >= 15 is 0 Å². The van der Waals surface area contributed by atoms with Gasteiger partial charge in [0.25, 0.3) is 0 Å². The van der Waals surface area contributed by atoms with Gasteiger partial charge in [-0.1, -0.05) is 30.3 Å². The summed E-state index contributed by atoms with van der Waals surface area (Å²) in [5.74, 6) is -0.0474. The summed E-state index contributed by atoms with van der Waals surface area (Å²) in [6.45, 7) is 4.64. The van der Waals surface area contributed by atoms with E-state index in [2.05, 4.69) is 20.9 Å². The molecule has 3 N–H and O–H groups in total. The van der Waals surface area contributed by atoms with Crippen LogP contribution in [-0.4, -0.2) is 25.0 Å². The van der Waals surface area contributed by atoms with E-state index in [-0.39, 0.29) is 24.3 Å². The quantitative estimate of drug-likeness (QED) is 0.558. The van der Waals surface area contributed by atoms with Crippen LogP contribution in [0.25, 0.3) is 0 Å². The van der Waals surface area contributed by atoms with Gasteiger partial charge in [0.05, 0.1) is 6.04 Å². The molecule has 2 aromatic carbocycles. The third-order valence-corrected chi connectivity index (χ3v) is 3.51. The van der Waals surface area contributed by atoms with Gasteiger partial charge in [-0.2, -0.15) is 0 Å². The van der Waals surface area contributed by atoms with Crippen molar-refractivity contribution < 1.29 is 9.18 Å². The zero-order chi connectivity index (χ0) is 18.1. The van der Waals surface area contributed by atoms with Crippen LogP contribution in [0.1, 0.15) is 25.5 Å². The number of hydrogen-bond acceptors (Lipinski definition) is 2. The highest BCUT2D eigenvalue weighted by atomic mass is 19.1. The molecular formula is C19H23FN4O. The van der Waals surface area contributed by atoms with Crippen molar-refractivity contribution in [2.24, 2.45) is 4.99 Å². The van der Waals surface area contributed by atoms with E-state index in [1.807, 2.05) is 44.2 Å². The van der Waals surface area contributed by atoms with Gasteiger partial charge in [0.15, 0.2) is 5.96 Å². The molecule has 0 saturated heterocycles. The minimum atomic E-state index is -0.343. The minimum Gasteiger partial charge on any atom is -0.357 e. The highest BCUT2D eigenvalue weighted by Gasteiger charge is 2.08. The van der Waals surface area contributed by atoms with Gasteiger partial charge in [-0.05, 0) is 43.7 Å². The maximum absolute atomic E-state index is 12.9. The molecule has 0 saturated carbocycles. The normalized spacial score (nSPS) is 12.4. The highest BCUT2D eigenvalue weighted by molar-refractivity contribution is 5.94. The molecule has 0 radical (unpaired) electrons. The Morgan fingerprint density at radius 1 is 1.12 bits per heavy atom. The lowest BCUT2D eigenvalue weighted by Gasteiger charge is -2.18. The Hall–Kier alpha value is -2.89. The van der Waals surface area contributed by atoms with Crippen molar-refractivity contribution in [2.45, 2.75) is 19.9 Å². The summed E-state index contributed by atoms with van der Waals surface area (Å²) in [6, 6.07) is 15.7. The molecular weight excluding hydrogens is 319 g/mol. The number of benzene rings is 2. The van der Waals surface area contributed by atoms with Gasteiger partial charge in [-0.3, -0.25) is 4.79 Å². The molecule has 1 amide bonds. The molecule has 5 nitrogen and oxygen atoms in total.